The van der Waals surface area contributed by atoms with Crippen LogP contribution in [0.15, 0.2) is 72.9 Å². The van der Waals surface area contributed by atoms with E-state index in [2.05, 4.69) is 20.4 Å². The Labute approximate surface area is 185 Å². The fraction of sp³-hybridized carbons (Fsp3) is 0.167. The lowest BCUT2D eigenvalue weighted by Crippen LogP contribution is -2.23. The fourth-order valence-electron chi connectivity index (χ4n) is 3.40. The van der Waals surface area contributed by atoms with Crippen LogP contribution in [0.5, 0.6) is 11.9 Å². The van der Waals surface area contributed by atoms with Crippen LogP contribution in [-0.4, -0.2) is 39.8 Å². The number of anilines is 1. The quantitative estimate of drug-likeness (QED) is 0.424. The van der Waals surface area contributed by atoms with E-state index in [1.807, 2.05) is 66.9 Å². The van der Waals surface area contributed by atoms with Gasteiger partial charge in [-0.2, -0.15) is 15.1 Å². The first-order valence-corrected chi connectivity index (χ1v) is 10.0. The molecule has 1 atom stereocenters. The summed E-state index contributed by atoms with van der Waals surface area (Å²) >= 11 is 0. The number of ether oxygens (including phenoxy) is 2. The number of nitrogens with one attached hydrogen (secondary N) is 1. The molecule has 0 radical (unpaired) electrons. The molecule has 162 valence electrons. The molecule has 0 saturated heterocycles. The van der Waals surface area contributed by atoms with Crippen LogP contribution in [0.4, 0.5) is 5.82 Å². The smallest absolute Gasteiger partial charge is 0.321 e. The molecule has 0 spiro atoms. The third kappa shape index (κ3) is 4.44. The van der Waals surface area contributed by atoms with Crippen molar-refractivity contribution in [3.05, 3.63) is 84.2 Å². The van der Waals surface area contributed by atoms with Gasteiger partial charge in [-0.1, -0.05) is 60.7 Å². The molecule has 0 aliphatic carbocycles. The van der Waals surface area contributed by atoms with Crippen LogP contribution in [0.3, 0.4) is 0 Å². The van der Waals surface area contributed by atoms with E-state index < -0.39 is 6.04 Å². The van der Waals surface area contributed by atoms with Crippen molar-refractivity contribution in [3.8, 4) is 23.0 Å². The van der Waals surface area contributed by atoms with Gasteiger partial charge in [-0.05, 0) is 11.1 Å². The lowest BCUT2D eigenvalue weighted by Gasteiger charge is -2.19. The van der Waals surface area contributed by atoms with Crippen molar-refractivity contribution in [1.82, 2.24) is 19.7 Å². The highest BCUT2D eigenvalue weighted by atomic mass is 16.5. The first-order chi connectivity index (χ1) is 15.6. The molecule has 1 N–H and O–H groups in total. The van der Waals surface area contributed by atoms with E-state index in [-0.39, 0.29) is 11.8 Å². The molecular formula is C24H23N5O3. The van der Waals surface area contributed by atoms with E-state index in [0.717, 1.165) is 16.7 Å². The average Bonchev–Trinajstić information content (AvgIpc) is 3.24. The average molecular weight is 429 g/mol. The minimum Gasteiger partial charge on any atom is -0.481 e. The molecule has 0 bridgehead atoms. The van der Waals surface area contributed by atoms with Crippen molar-refractivity contribution in [2.24, 2.45) is 7.05 Å². The zero-order chi connectivity index (χ0) is 22.5. The van der Waals surface area contributed by atoms with Crippen molar-refractivity contribution in [2.75, 3.05) is 19.5 Å². The standard InChI is InChI=1S/C24H23N5O3/c1-29-15-18(16-10-6-4-7-11-16)22(28-29)23(30)21(17-12-8-5-9-13-17)25-19-14-20(31-2)27-24(26-19)32-3/h4-15,21H,1-3H3,(H,25,26,27). The van der Waals surface area contributed by atoms with E-state index in [1.54, 1.807) is 17.8 Å². The van der Waals surface area contributed by atoms with Gasteiger partial charge in [0, 0.05) is 24.9 Å². The molecule has 0 fully saturated rings. The normalized spacial score (nSPS) is 11.6. The maximum Gasteiger partial charge on any atom is 0.321 e. The molecule has 0 amide bonds. The van der Waals surface area contributed by atoms with Gasteiger partial charge in [-0.25, -0.2) is 0 Å². The number of carbonyl (C=O) groups is 1. The summed E-state index contributed by atoms with van der Waals surface area (Å²) in [4.78, 5) is 22.3. The molecule has 2 heterocycles. The minimum atomic E-state index is -0.738. The molecule has 32 heavy (non-hydrogen) atoms. The summed E-state index contributed by atoms with van der Waals surface area (Å²) in [6.07, 6.45) is 1.85. The summed E-state index contributed by atoms with van der Waals surface area (Å²) in [5, 5.41) is 7.71. The number of benzene rings is 2. The number of rotatable bonds is 8. The number of hydrogen-bond donors (Lipinski definition) is 1. The second-order valence-electron chi connectivity index (χ2n) is 7.07. The Balaban J connectivity index is 1.77. The third-order valence-electron chi connectivity index (χ3n) is 4.91. The van der Waals surface area contributed by atoms with Crippen molar-refractivity contribution in [1.29, 1.82) is 0 Å². The molecule has 4 rings (SSSR count). The van der Waals surface area contributed by atoms with Crippen LogP contribution in [0.25, 0.3) is 11.1 Å². The Morgan fingerprint density at radius 3 is 2.31 bits per heavy atom. The first kappa shape index (κ1) is 21.0. The summed E-state index contributed by atoms with van der Waals surface area (Å²) in [5.74, 6) is 0.529. The Bertz CT molecular complexity index is 1190. The van der Waals surface area contributed by atoms with Crippen LogP contribution in [0.1, 0.15) is 22.1 Å². The summed E-state index contributed by atoms with van der Waals surface area (Å²) in [7, 11) is 4.78. The number of Topliss-reactive ketones (excluding diaryl/α,β-unsaturated/α-hetero) is 1. The monoisotopic (exact) mass is 429 g/mol. The maximum absolute atomic E-state index is 13.8. The Morgan fingerprint density at radius 2 is 1.66 bits per heavy atom. The predicted molar refractivity (Wildman–Crippen MR) is 121 cm³/mol. The SMILES string of the molecule is COc1cc(NC(C(=O)c2nn(C)cc2-c2ccccc2)c2ccccc2)nc(OC)n1. The van der Waals surface area contributed by atoms with Gasteiger partial charge in [0.2, 0.25) is 11.7 Å². The number of nitrogens with zero attached hydrogens (tertiary/aromatic N) is 4. The van der Waals surface area contributed by atoms with Gasteiger partial charge in [-0.15, -0.1) is 0 Å². The molecular weight excluding hydrogens is 406 g/mol. The summed E-state index contributed by atoms with van der Waals surface area (Å²) in [6.45, 7) is 0. The summed E-state index contributed by atoms with van der Waals surface area (Å²) in [6, 6.07) is 20.2. The van der Waals surface area contributed by atoms with Crippen molar-refractivity contribution in [3.63, 3.8) is 0 Å². The molecule has 2 aromatic carbocycles. The number of aryl methyl sites for hydroxylation is 1. The summed E-state index contributed by atoms with van der Waals surface area (Å²) < 4.78 is 12.1. The van der Waals surface area contributed by atoms with Crippen LogP contribution in [0, 0.1) is 0 Å². The van der Waals surface area contributed by atoms with E-state index in [9.17, 15) is 4.79 Å². The molecule has 1 unspecified atom stereocenters. The lowest BCUT2D eigenvalue weighted by atomic mass is 9.96. The Kier molecular flexibility index (Phi) is 6.12. The second-order valence-corrected chi connectivity index (χ2v) is 7.07. The zero-order valence-corrected chi connectivity index (χ0v) is 18.0. The van der Waals surface area contributed by atoms with Gasteiger partial charge in [-0.3, -0.25) is 9.48 Å². The first-order valence-electron chi connectivity index (χ1n) is 10.0. The third-order valence-corrected chi connectivity index (χ3v) is 4.91. The van der Waals surface area contributed by atoms with Gasteiger partial charge >= 0.3 is 6.01 Å². The fourth-order valence-corrected chi connectivity index (χ4v) is 3.40. The highest BCUT2D eigenvalue weighted by Gasteiger charge is 2.28. The van der Waals surface area contributed by atoms with Crippen LogP contribution >= 0.6 is 0 Å². The second kappa shape index (κ2) is 9.30. The lowest BCUT2D eigenvalue weighted by molar-refractivity contribution is 0.0964. The van der Waals surface area contributed by atoms with E-state index in [4.69, 9.17) is 9.47 Å². The Morgan fingerprint density at radius 1 is 0.969 bits per heavy atom. The molecule has 4 aromatic rings. The highest BCUT2D eigenvalue weighted by molar-refractivity contribution is 6.05. The van der Waals surface area contributed by atoms with E-state index in [0.29, 0.717) is 17.4 Å². The molecule has 0 saturated carbocycles. The van der Waals surface area contributed by atoms with Crippen LogP contribution < -0.4 is 14.8 Å². The van der Waals surface area contributed by atoms with Crippen LogP contribution in [0.2, 0.25) is 0 Å². The Hall–Kier alpha value is -4.20. The number of carbonyl (C=O) groups excluding carboxylic acids is 1. The van der Waals surface area contributed by atoms with E-state index >= 15 is 0 Å². The van der Waals surface area contributed by atoms with Gasteiger partial charge in [0.05, 0.1) is 14.2 Å². The maximum atomic E-state index is 13.8. The predicted octanol–water partition coefficient (Wildman–Crippen LogP) is 3.93. The molecule has 0 aliphatic heterocycles. The molecule has 8 nitrogen and oxygen atoms in total. The van der Waals surface area contributed by atoms with Gasteiger partial charge in [0.15, 0.2) is 0 Å². The van der Waals surface area contributed by atoms with Crippen molar-refractivity contribution >= 4 is 11.6 Å². The van der Waals surface area contributed by atoms with Crippen molar-refractivity contribution < 1.29 is 14.3 Å². The number of methoxy groups -OCH3 is 2. The van der Waals surface area contributed by atoms with Crippen LogP contribution in [-0.2, 0) is 7.05 Å². The van der Waals surface area contributed by atoms with Gasteiger partial charge in [0.25, 0.3) is 0 Å². The summed E-state index contributed by atoms with van der Waals surface area (Å²) in [5.41, 5.74) is 2.83. The number of aromatic nitrogens is 4. The van der Waals surface area contributed by atoms with Gasteiger partial charge in [0.1, 0.15) is 17.6 Å². The molecule has 2 aromatic heterocycles. The minimum absolute atomic E-state index is 0.133. The number of hydrogen-bond acceptors (Lipinski definition) is 7. The number of ketones is 1. The topological polar surface area (TPSA) is 91.2 Å². The largest absolute Gasteiger partial charge is 0.481 e. The van der Waals surface area contributed by atoms with Crippen molar-refractivity contribution in [2.45, 2.75) is 6.04 Å². The van der Waals surface area contributed by atoms with Gasteiger partial charge < -0.3 is 14.8 Å². The zero-order valence-electron chi connectivity index (χ0n) is 18.0. The van der Waals surface area contributed by atoms with E-state index in [1.165, 1.54) is 14.2 Å². The molecule has 0 aliphatic rings. The molecule has 8 heteroatoms. The highest BCUT2D eigenvalue weighted by Crippen LogP contribution is 2.30.